The van der Waals surface area contributed by atoms with E-state index >= 15 is 0 Å². The highest BCUT2D eigenvalue weighted by atomic mass is 16.7. The van der Waals surface area contributed by atoms with Crippen molar-refractivity contribution >= 4 is 0 Å². The van der Waals surface area contributed by atoms with Crippen LogP contribution in [0.25, 0.3) is 0 Å². The first-order valence-electron chi connectivity index (χ1n) is 5.70. The van der Waals surface area contributed by atoms with E-state index in [0.29, 0.717) is 11.8 Å². The van der Waals surface area contributed by atoms with Crippen LogP contribution in [0, 0.1) is 0 Å². The number of hydrogen-bond donors (Lipinski definition) is 1. The third-order valence-corrected chi connectivity index (χ3v) is 3.11. The van der Waals surface area contributed by atoms with E-state index in [1.165, 1.54) is 0 Å². The number of fused-ring (bicyclic) bond motifs is 1. The van der Waals surface area contributed by atoms with Crippen molar-refractivity contribution in [1.82, 2.24) is 4.90 Å². The van der Waals surface area contributed by atoms with Crippen molar-refractivity contribution in [2.75, 3.05) is 27.0 Å². The van der Waals surface area contributed by atoms with Crippen LogP contribution in [0.1, 0.15) is 5.56 Å². The number of hydrogen-bond acceptors (Lipinski definition) is 5. The van der Waals surface area contributed by atoms with Gasteiger partial charge in [0.2, 0.25) is 12.5 Å². The largest absolute Gasteiger partial charge is 0.493 e. The highest BCUT2D eigenvalue weighted by molar-refractivity contribution is 5.55. The molecule has 0 atom stereocenters. The molecule has 0 aliphatic carbocycles. The van der Waals surface area contributed by atoms with Crippen molar-refractivity contribution in [3.8, 4) is 17.2 Å². The number of ether oxygens (including phenoxy) is 3. The quantitative estimate of drug-likeness (QED) is 0.831. The molecule has 0 saturated carbocycles. The summed E-state index contributed by atoms with van der Waals surface area (Å²) in [6.45, 7) is 3.05. The zero-order chi connectivity index (χ0) is 11.8. The third-order valence-electron chi connectivity index (χ3n) is 3.11. The van der Waals surface area contributed by atoms with Gasteiger partial charge in [0, 0.05) is 25.7 Å². The summed E-state index contributed by atoms with van der Waals surface area (Å²) in [4.78, 5) is 2.29. The fourth-order valence-corrected chi connectivity index (χ4v) is 2.27. The summed E-state index contributed by atoms with van der Waals surface area (Å²) in [6.07, 6.45) is 0. The Morgan fingerprint density at radius 1 is 1.41 bits per heavy atom. The predicted molar refractivity (Wildman–Crippen MR) is 62.4 cm³/mol. The van der Waals surface area contributed by atoms with Crippen molar-refractivity contribution in [2.24, 2.45) is 5.73 Å². The molecule has 17 heavy (non-hydrogen) atoms. The Labute approximate surface area is 100 Å². The maximum absolute atomic E-state index is 5.76. The molecule has 2 aliphatic heterocycles. The number of nitrogens with zero attached hydrogens (tertiary/aromatic N) is 1. The summed E-state index contributed by atoms with van der Waals surface area (Å²) in [5.41, 5.74) is 6.92. The molecule has 2 aliphatic rings. The van der Waals surface area contributed by atoms with Gasteiger partial charge in [-0.1, -0.05) is 0 Å². The second-order valence-corrected chi connectivity index (χ2v) is 4.49. The van der Waals surface area contributed by atoms with Crippen LogP contribution >= 0.6 is 0 Å². The Hall–Kier alpha value is -1.46. The first-order chi connectivity index (χ1) is 8.26. The molecule has 92 valence electrons. The van der Waals surface area contributed by atoms with Gasteiger partial charge in [0.25, 0.3) is 0 Å². The first kappa shape index (κ1) is 10.7. The standard InChI is InChI=1S/C12H16N2O3/c1-15-10-2-8(4-14-5-9(13)6-14)3-11-12(10)17-7-16-11/h2-3,9H,4-7,13H2,1H3. The summed E-state index contributed by atoms with van der Waals surface area (Å²) < 4.78 is 16.1. The Morgan fingerprint density at radius 3 is 2.94 bits per heavy atom. The molecule has 0 amide bonds. The minimum absolute atomic E-state index is 0.268. The molecule has 0 radical (unpaired) electrons. The fourth-order valence-electron chi connectivity index (χ4n) is 2.27. The van der Waals surface area contributed by atoms with Crippen LogP contribution in [0.5, 0.6) is 17.2 Å². The third kappa shape index (κ3) is 1.92. The normalized spacial score (nSPS) is 19.2. The van der Waals surface area contributed by atoms with E-state index in [1.807, 2.05) is 12.1 Å². The van der Waals surface area contributed by atoms with Gasteiger partial charge >= 0.3 is 0 Å². The average molecular weight is 236 g/mol. The zero-order valence-electron chi connectivity index (χ0n) is 9.81. The summed E-state index contributed by atoms with van der Waals surface area (Å²) in [5.74, 6) is 2.21. The van der Waals surface area contributed by atoms with Gasteiger partial charge in [-0.05, 0) is 17.7 Å². The van der Waals surface area contributed by atoms with Crippen LogP contribution in [0.3, 0.4) is 0 Å². The van der Waals surface area contributed by atoms with Gasteiger partial charge in [-0.15, -0.1) is 0 Å². The van der Waals surface area contributed by atoms with E-state index < -0.39 is 0 Å². The molecular weight excluding hydrogens is 220 g/mol. The zero-order valence-corrected chi connectivity index (χ0v) is 9.81. The number of nitrogens with two attached hydrogens (primary N) is 1. The minimum atomic E-state index is 0.268. The molecule has 2 N–H and O–H groups in total. The van der Waals surface area contributed by atoms with E-state index in [-0.39, 0.29) is 6.79 Å². The maximum Gasteiger partial charge on any atom is 0.231 e. The molecule has 5 nitrogen and oxygen atoms in total. The van der Waals surface area contributed by atoms with Crippen LogP contribution in [0.4, 0.5) is 0 Å². The number of benzene rings is 1. The van der Waals surface area contributed by atoms with Crippen molar-refractivity contribution in [2.45, 2.75) is 12.6 Å². The molecule has 0 unspecified atom stereocenters. The summed E-state index contributed by atoms with van der Waals surface area (Å²) in [7, 11) is 1.64. The van der Waals surface area contributed by atoms with Gasteiger partial charge in [0.05, 0.1) is 7.11 Å². The molecular formula is C12H16N2O3. The second kappa shape index (κ2) is 4.09. The van der Waals surface area contributed by atoms with Gasteiger partial charge in [-0.3, -0.25) is 4.90 Å². The lowest BCUT2D eigenvalue weighted by atomic mass is 10.1. The van der Waals surface area contributed by atoms with E-state index in [9.17, 15) is 0 Å². The van der Waals surface area contributed by atoms with Gasteiger partial charge in [-0.2, -0.15) is 0 Å². The molecule has 0 bridgehead atoms. The van der Waals surface area contributed by atoms with Gasteiger partial charge in [0.1, 0.15) is 0 Å². The van der Waals surface area contributed by atoms with Gasteiger partial charge in [-0.25, -0.2) is 0 Å². The molecule has 3 rings (SSSR count). The van der Waals surface area contributed by atoms with Crippen LogP contribution in [-0.4, -0.2) is 37.9 Å². The van der Waals surface area contributed by atoms with Gasteiger partial charge in [0.15, 0.2) is 11.5 Å². The van der Waals surface area contributed by atoms with Crippen LogP contribution in [0.2, 0.25) is 0 Å². The number of likely N-dealkylation sites (tertiary alicyclic amines) is 1. The Balaban J connectivity index is 1.80. The lowest BCUT2D eigenvalue weighted by Gasteiger charge is -2.36. The van der Waals surface area contributed by atoms with Gasteiger partial charge < -0.3 is 19.9 Å². The first-order valence-corrected chi connectivity index (χ1v) is 5.70. The lowest BCUT2D eigenvalue weighted by Crippen LogP contribution is -2.54. The number of rotatable bonds is 3. The smallest absolute Gasteiger partial charge is 0.231 e. The Bertz CT molecular complexity index is 430. The van der Waals surface area contributed by atoms with E-state index in [1.54, 1.807) is 7.11 Å². The van der Waals surface area contributed by atoms with Crippen molar-refractivity contribution < 1.29 is 14.2 Å². The number of methoxy groups -OCH3 is 1. The SMILES string of the molecule is COc1cc(CN2CC(N)C2)cc2c1OCO2. The molecule has 1 aromatic rings. The molecule has 5 heteroatoms. The molecule has 2 heterocycles. The fraction of sp³-hybridized carbons (Fsp3) is 0.500. The Kier molecular flexibility index (Phi) is 2.57. The van der Waals surface area contributed by atoms with Crippen LogP contribution in [-0.2, 0) is 6.54 Å². The van der Waals surface area contributed by atoms with E-state index in [2.05, 4.69) is 4.90 Å². The van der Waals surface area contributed by atoms with Crippen molar-refractivity contribution in [3.05, 3.63) is 17.7 Å². The minimum Gasteiger partial charge on any atom is -0.493 e. The van der Waals surface area contributed by atoms with E-state index in [4.69, 9.17) is 19.9 Å². The second-order valence-electron chi connectivity index (χ2n) is 4.49. The predicted octanol–water partition coefficient (Wildman–Crippen LogP) is 0.567. The summed E-state index contributed by atoms with van der Waals surface area (Å²) in [6, 6.07) is 4.33. The molecule has 0 aromatic heterocycles. The molecule has 1 saturated heterocycles. The van der Waals surface area contributed by atoms with E-state index in [0.717, 1.165) is 36.7 Å². The van der Waals surface area contributed by atoms with Crippen molar-refractivity contribution in [1.29, 1.82) is 0 Å². The molecule has 1 fully saturated rings. The summed E-state index contributed by atoms with van der Waals surface area (Å²) in [5, 5.41) is 0. The summed E-state index contributed by atoms with van der Waals surface area (Å²) >= 11 is 0. The Morgan fingerprint density at radius 2 is 2.24 bits per heavy atom. The van der Waals surface area contributed by atoms with Crippen molar-refractivity contribution in [3.63, 3.8) is 0 Å². The van der Waals surface area contributed by atoms with Crippen LogP contribution < -0.4 is 19.9 Å². The average Bonchev–Trinajstić information content (AvgIpc) is 2.74. The lowest BCUT2D eigenvalue weighted by molar-refractivity contribution is 0.142. The highest BCUT2D eigenvalue weighted by Crippen LogP contribution is 2.42. The maximum atomic E-state index is 5.76. The highest BCUT2D eigenvalue weighted by Gasteiger charge is 2.25. The topological polar surface area (TPSA) is 57.0 Å². The molecule has 1 aromatic carbocycles. The van der Waals surface area contributed by atoms with Crippen LogP contribution in [0.15, 0.2) is 12.1 Å². The monoisotopic (exact) mass is 236 g/mol. The molecule has 0 spiro atoms.